The maximum atomic E-state index is 2.30. The summed E-state index contributed by atoms with van der Waals surface area (Å²) in [5, 5.41) is 0. The van der Waals surface area contributed by atoms with E-state index in [0.717, 1.165) is 0 Å². The minimum absolute atomic E-state index is 0.204. The van der Waals surface area contributed by atoms with Crippen LogP contribution in [0.25, 0.3) is 11.1 Å². The second kappa shape index (κ2) is 5.18. The van der Waals surface area contributed by atoms with Gasteiger partial charge in [-0.2, -0.15) is 0 Å². The molecule has 0 bridgehead atoms. The number of fused-ring (bicyclic) bond motifs is 1. The zero-order valence-corrected chi connectivity index (χ0v) is 13.3. The van der Waals surface area contributed by atoms with E-state index < -0.39 is 0 Å². The summed E-state index contributed by atoms with van der Waals surface area (Å²) in [6.07, 6.45) is 4.30. The molecule has 0 saturated heterocycles. The SMILES string of the molecule is CSc1cc(SC)c2ccc(C(C)(C)C)ccc1-2. The molecule has 0 nitrogen and oxygen atoms in total. The summed E-state index contributed by atoms with van der Waals surface area (Å²) in [5.74, 6) is 0. The Balaban J connectivity index is 2.64. The van der Waals surface area contributed by atoms with E-state index in [2.05, 4.69) is 63.6 Å². The fraction of sp³-hybridized carbons (Fsp3) is 0.375. The highest BCUT2D eigenvalue weighted by molar-refractivity contribution is 7.99. The molecule has 0 aromatic heterocycles. The molecule has 18 heavy (non-hydrogen) atoms. The Morgan fingerprint density at radius 1 is 0.778 bits per heavy atom. The first kappa shape index (κ1) is 13.8. The van der Waals surface area contributed by atoms with E-state index in [9.17, 15) is 0 Å². The van der Waals surface area contributed by atoms with Gasteiger partial charge in [0.1, 0.15) is 0 Å². The molecular formula is C16H20S2. The predicted octanol–water partition coefficient (Wildman–Crippen LogP) is 5.53. The largest absolute Gasteiger partial charge is 0.129 e. The molecule has 0 N–H and O–H groups in total. The van der Waals surface area contributed by atoms with Crippen LogP contribution in [0.2, 0.25) is 0 Å². The number of hydrogen-bond acceptors (Lipinski definition) is 2. The highest BCUT2D eigenvalue weighted by Crippen LogP contribution is 2.41. The van der Waals surface area contributed by atoms with Crippen molar-refractivity contribution in [3.63, 3.8) is 0 Å². The van der Waals surface area contributed by atoms with Crippen molar-refractivity contribution < 1.29 is 0 Å². The summed E-state index contributed by atoms with van der Waals surface area (Å²) in [4.78, 5) is 2.76. The minimum atomic E-state index is 0.204. The molecule has 2 aliphatic carbocycles. The molecule has 0 fully saturated rings. The minimum Gasteiger partial charge on any atom is -0.129 e. The van der Waals surface area contributed by atoms with Crippen molar-refractivity contribution in [2.75, 3.05) is 12.5 Å². The highest BCUT2D eigenvalue weighted by Gasteiger charge is 2.17. The molecule has 0 spiro atoms. The third-order valence-electron chi connectivity index (χ3n) is 3.25. The average Bonchev–Trinajstić information content (AvgIpc) is 2.49. The van der Waals surface area contributed by atoms with Crippen molar-refractivity contribution in [2.45, 2.75) is 36.0 Å². The van der Waals surface area contributed by atoms with Crippen molar-refractivity contribution in [3.8, 4) is 11.1 Å². The summed E-state index contributed by atoms with van der Waals surface area (Å²) >= 11 is 3.66. The van der Waals surface area contributed by atoms with Crippen LogP contribution >= 0.6 is 23.5 Å². The molecule has 2 aliphatic rings. The van der Waals surface area contributed by atoms with E-state index in [-0.39, 0.29) is 5.41 Å². The topological polar surface area (TPSA) is 0 Å². The van der Waals surface area contributed by atoms with Gasteiger partial charge in [0.05, 0.1) is 0 Å². The van der Waals surface area contributed by atoms with E-state index in [1.807, 2.05) is 23.5 Å². The van der Waals surface area contributed by atoms with Crippen LogP contribution in [0, 0.1) is 0 Å². The average molecular weight is 276 g/mol. The summed E-state index contributed by atoms with van der Waals surface area (Å²) < 4.78 is 0. The predicted molar refractivity (Wildman–Crippen MR) is 85.3 cm³/mol. The van der Waals surface area contributed by atoms with Crippen LogP contribution in [0.5, 0.6) is 0 Å². The van der Waals surface area contributed by atoms with Gasteiger partial charge < -0.3 is 0 Å². The molecule has 0 aromatic carbocycles. The van der Waals surface area contributed by atoms with E-state index in [1.165, 1.54) is 26.5 Å². The Kier molecular flexibility index (Phi) is 3.98. The van der Waals surface area contributed by atoms with E-state index in [0.29, 0.717) is 0 Å². The van der Waals surface area contributed by atoms with Gasteiger partial charge >= 0.3 is 0 Å². The first-order valence-electron chi connectivity index (χ1n) is 6.12. The summed E-state index contributed by atoms with van der Waals surface area (Å²) in [6, 6.07) is 11.4. The van der Waals surface area contributed by atoms with Crippen LogP contribution in [0.1, 0.15) is 26.3 Å². The van der Waals surface area contributed by atoms with E-state index >= 15 is 0 Å². The fourth-order valence-electron chi connectivity index (χ4n) is 2.12. The van der Waals surface area contributed by atoms with Crippen molar-refractivity contribution in [1.29, 1.82) is 0 Å². The Labute approximate surface area is 119 Å². The Morgan fingerprint density at radius 3 is 1.56 bits per heavy atom. The molecule has 0 atom stereocenters. The molecule has 0 aliphatic heterocycles. The quantitative estimate of drug-likeness (QED) is 0.661. The maximum absolute atomic E-state index is 2.30. The van der Waals surface area contributed by atoms with Crippen LogP contribution < -0.4 is 0 Å². The third kappa shape index (κ3) is 2.55. The van der Waals surface area contributed by atoms with Gasteiger partial charge in [0.2, 0.25) is 0 Å². The van der Waals surface area contributed by atoms with Crippen molar-refractivity contribution in [3.05, 3.63) is 35.9 Å². The zero-order chi connectivity index (χ0) is 13.3. The van der Waals surface area contributed by atoms with Crippen LogP contribution in [0.3, 0.4) is 0 Å². The first-order chi connectivity index (χ1) is 8.47. The number of hydrogen-bond donors (Lipinski definition) is 0. The normalized spacial score (nSPS) is 12.1. The fourth-order valence-corrected chi connectivity index (χ4v) is 3.47. The maximum Gasteiger partial charge on any atom is 0.0159 e. The lowest BCUT2D eigenvalue weighted by molar-refractivity contribution is 0.591. The first-order valence-corrected chi connectivity index (χ1v) is 8.57. The Bertz CT molecular complexity index is 485. The molecule has 0 aromatic rings. The van der Waals surface area contributed by atoms with E-state index in [4.69, 9.17) is 0 Å². The molecule has 0 saturated carbocycles. The lowest BCUT2D eigenvalue weighted by Gasteiger charge is -2.17. The third-order valence-corrected chi connectivity index (χ3v) is 4.80. The van der Waals surface area contributed by atoms with Gasteiger partial charge in [0, 0.05) is 9.79 Å². The van der Waals surface area contributed by atoms with Gasteiger partial charge in [-0.1, -0.05) is 45.0 Å². The van der Waals surface area contributed by atoms with Crippen LogP contribution in [0.4, 0.5) is 0 Å². The monoisotopic (exact) mass is 276 g/mol. The lowest BCUT2D eigenvalue weighted by atomic mass is 9.88. The lowest BCUT2D eigenvalue weighted by Crippen LogP contribution is -2.09. The standard InChI is InChI=1S/C16H20S2/c1-16(2,3)11-6-8-12-13(9-7-11)15(18-5)10-14(12)17-4/h6-10H,1-5H3. The van der Waals surface area contributed by atoms with Gasteiger partial charge in [-0.15, -0.1) is 23.5 Å². The van der Waals surface area contributed by atoms with Gasteiger partial charge in [-0.05, 0) is 40.7 Å². The second-order valence-electron chi connectivity index (χ2n) is 5.48. The van der Waals surface area contributed by atoms with Crippen LogP contribution in [-0.2, 0) is 5.41 Å². The van der Waals surface area contributed by atoms with E-state index in [1.54, 1.807) is 0 Å². The zero-order valence-electron chi connectivity index (χ0n) is 11.7. The van der Waals surface area contributed by atoms with Gasteiger partial charge in [0.25, 0.3) is 0 Å². The van der Waals surface area contributed by atoms with Crippen molar-refractivity contribution in [1.82, 2.24) is 0 Å². The van der Waals surface area contributed by atoms with Crippen molar-refractivity contribution in [2.24, 2.45) is 0 Å². The van der Waals surface area contributed by atoms with Gasteiger partial charge in [-0.3, -0.25) is 0 Å². The molecule has 0 unspecified atom stereocenters. The van der Waals surface area contributed by atoms with Crippen LogP contribution in [0.15, 0.2) is 40.1 Å². The summed E-state index contributed by atoms with van der Waals surface area (Å²) in [6.45, 7) is 6.79. The smallest absolute Gasteiger partial charge is 0.0159 e. The number of rotatable bonds is 2. The Morgan fingerprint density at radius 2 is 1.22 bits per heavy atom. The molecule has 2 rings (SSSR count). The van der Waals surface area contributed by atoms with Gasteiger partial charge in [-0.25, -0.2) is 0 Å². The highest BCUT2D eigenvalue weighted by atomic mass is 32.2. The molecule has 0 amide bonds. The summed E-state index contributed by atoms with van der Waals surface area (Å²) in [7, 11) is 0. The number of thioether (sulfide) groups is 2. The summed E-state index contributed by atoms with van der Waals surface area (Å²) in [5.41, 5.74) is 4.35. The molecule has 96 valence electrons. The second-order valence-corrected chi connectivity index (χ2v) is 7.18. The molecule has 2 heteroatoms. The van der Waals surface area contributed by atoms with Gasteiger partial charge in [0.15, 0.2) is 0 Å². The van der Waals surface area contributed by atoms with Crippen molar-refractivity contribution >= 4 is 23.5 Å². The molecule has 0 radical (unpaired) electrons. The molecular weight excluding hydrogens is 256 g/mol. The van der Waals surface area contributed by atoms with Crippen LogP contribution in [-0.4, -0.2) is 12.5 Å². The Hall–Kier alpha value is -0.600. The molecule has 0 heterocycles.